The molecule has 0 saturated heterocycles. The molecule has 0 atom stereocenters. The predicted molar refractivity (Wildman–Crippen MR) is 68.9 cm³/mol. The summed E-state index contributed by atoms with van der Waals surface area (Å²) in [6, 6.07) is 3.34. The molecule has 0 spiro atoms. The predicted octanol–water partition coefficient (Wildman–Crippen LogP) is 3.52. The minimum Gasteiger partial charge on any atom is -0.490 e. The minimum absolute atomic E-state index is 0.154. The van der Waals surface area contributed by atoms with Gasteiger partial charge in [-0.2, -0.15) is 0 Å². The molecular formula is C12H14BrNO3. The van der Waals surface area contributed by atoms with Gasteiger partial charge in [0.2, 0.25) is 0 Å². The van der Waals surface area contributed by atoms with E-state index in [-0.39, 0.29) is 16.7 Å². The molecule has 1 saturated carbocycles. The highest BCUT2D eigenvalue weighted by Gasteiger charge is 2.29. The lowest BCUT2D eigenvalue weighted by Gasteiger charge is -2.32. The Kier molecular flexibility index (Phi) is 3.38. The molecule has 2 rings (SSSR count). The van der Waals surface area contributed by atoms with Crippen molar-refractivity contribution in [3.8, 4) is 5.75 Å². The van der Waals surface area contributed by atoms with E-state index >= 15 is 0 Å². The van der Waals surface area contributed by atoms with Crippen molar-refractivity contribution in [1.82, 2.24) is 0 Å². The molecule has 17 heavy (non-hydrogen) atoms. The molecule has 1 aromatic rings. The first-order chi connectivity index (χ1) is 7.97. The van der Waals surface area contributed by atoms with Crippen LogP contribution in [0.3, 0.4) is 0 Å². The molecule has 1 fully saturated rings. The molecule has 0 heterocycles. The van der Waals surface area contributed by atoms with E-state index in [1.54, 1.807) is 19.1 Å². The van der Waals surface area contributed by atoms with Crippen LogP contribution >= 0.6 is 15.9 Å². The van der Waals surface area contributed by atoms with Crippen molar-refractivity contribution >= 4 is 21.6 Å². The third kappa shape index (κ3) is 2.60. The number of nitro benzene ring substituents is 1. The van der Waals surface area contributed by atoms with Crippen LogP contribution in [0.25, 0.3) is 0 Å². The van der Waals surface area contributed by atoms with Crippen LogP contribution in [-0.2, 0) is 0 Å². The number of rotatable bonds is 3. The Bertz CT molecular complexity index is 455. The third-order valence-corrected chi connectivity index (χ3v) is 3.77. The van der Waals surface area contributed by atoms with Crippen LogP contribution in [0.15, 0.2) is 12.1 Å². The largest absolute Gasteiger partial charge is 0.490 e. The Morgan fingerprint density at radius 2 is 2.00 bits per heavy atom. The highest BCUT2D eigenvalue weighted by molar-refractivity contribution is 9.09. The maximum atomic E-state index is 10.8. The lowest BCUT2D eigenvalue weighted by Crippen LogP contribution is -2.34. The van der Waals surface area contributed by atoms with E-state index in [9.17, 15) is 10.1 Å². The van der Waals surface area contributed by atoms with E-state index in [2.05, 4.69) is 15.9 Å². The van der Waals surface area contributed by atoms with Gasteiger partial charge >= 0.3 is 0 Å². The van der Waals surface area contributed by atoms with Crippen molar-refractivity contribution in [2.45, 2.75) is 37.6 Å². The Morgan fingerprint density at radius 3 is 2.53 bits per heavy atom. The second kappa shape index (κ2) is 4.64. The number of halogens is 1. The van der Waals surface area contributed by atoms with Crippen molar-refractivity contribution in [3.05, 3.63) is 33.4 Å². The number of aryl methyl sites for hydroxylation is 2. The zero-order valence-corrected chi connectivity index (χ0v) is 11.4. The summed E-state index contributed by atoms with van der Waals surface area (Å²) in [5.41, 5.74) is 1.62. The highest BCUT2D eigenvalue weighted by atomic mass is 79.9. The van der Waals surface area contributed by atoms with E-state index in [0.29, 0.717) is 10.4 Å². The minimum atomic E-state index is -0.357. The van der Waals surface area contributed by atoms with E-state index < -0.39 is 0 Å². The topological polar surface area (TPSA) is 52.4 Å². The fourth-order valence-electron chi connectivity index (χ4n) is 1.88. The number of nitrogens with zero attached hydrogens (tertiary/aromatic N) is 1. The van der Waals surface area contributed by atoms with Crippen molar-refractivity contribution in [3.63, 3.8) is 0 Å². The molecule has 5 heteroatoms. The molecule has 0 unspecified atom stereocenters. The second-order valence-corrected chi connectivity index (χ2v) is 5.76. The first-order valence-electron chi connectivity index (χ1n) is 5.53. The number of hydrogen-bond acceptors (Lipinski definition) is 3. The highest BCUT2D eigenvalue weighted by Crippen LogP contribution is 2.34. The van der Waals surface area contributed by atoms with Gasteiger partial charge in [0, 0.05) is 16.5 Å². The molecule has 1 aliphatic carbocycles. The van der Waals surface area contributed by atoms with Crippen molar-refractivity contribution in [2.75, 3.05) is 0 Å². The fourth-order valence-corrected chi connectivity index (χ4v) is 2.71. The van der Waals surface area contributed by atoms with Crippen LogP contribution in [0, 0.1) is 24.0 Å². The van der Waals surface area contributed by atoms with Gasteiger partial charge in [-0.25, -0.2) is 0 Å². The molecule has 1 aromatic carbocycles. The van der Waals surface area contributed by atoms with Crippen molar-refractivity contribution in [2.24, 2.45) is 0 Å². The number of benzene rings is 1. The first-order valence-corrected chi connectivity index (χ1v) is 6.45. The van der Waals surface area contributed by atoms with E-state index in [1.165, 1.54) is 0 Å². The van der Waals surface area contributed by atoms with Crippen LogP contribution in [0.1, 0.15) is 24.0 Å². The van der Waals surface area contributed by atoms with Gasteiger partial charge in [-0.3, -0.25) is 10.1 Å². The van der Waals surface area contributed by atoms with Gasteiger partial charge in [0.25, 0.3) is 5.69 Å². The maximum Gasteiger partial charge on any atom is 0.272 e. The SMILES string of the molecule is Cc1cc([N+](=O)[O-])c(C)cc1OC1CC(Br)C1. The molecule has 0 amide bonds. The van der Waals surface area contributed by atoms with E-state index in [0.717, 1.165) is 24.2 Å². The summed E-state index contributed by atoms with van der Waals surface area (Å²) in [6.07, 6.45) is 2.23. The number of alkyl halides is 1. The summed E-state index contributed by atoms with van der Waals surface area (Å²) < 4.78 is 5.81. The standard InChI is InChI=1S/C12H14BrNO3/c1-7-4-12(17-10-5-9(13)6-10)8(2)3-11(7)14(15)16/h3-4,9-10H,5-6H2,1-2H3. The fraction of sp³-hybridized carbons (Fsp3) is 0.500. The monoisotopic (exact) mass is 299 g/mol. The lowest BCUT2D eigenvalue weighted by molar-refractivity contribution is -0.385. The number of nitro groups is 1. The van der Waals surface area contributed by atoms with Crippen LogP contribution in [0.5, 0.6) is 5.75 Å². The molecule has 0 N–H and O–H groups in total. The average molecular weight is 300 g/mol. The van der Waals surface area contributed by atoms with Gasteiger partial charge in [-0.1, -0.05) is 15.9 Å². The quantitative estimate of drug-likeness (QED) is 0.487. The number of hydrogen-bond donors (Lipinski definition) is 0. The maximum absolute atomic E-state index is 10.8. The number of ether oxygens (including phenoxy) is 1. The van der Waals surface area contributed by atoms with Crippen LogP contribution < -0.4 is 4.74 Å². The van der Waals surface area contributed by atoms with Gasteiger partial charge < -0.3 is 4.74 Å². The summed E-state index contributed by atoms with van der Waals surface area (Å²) in [7, 11) is 0. The van der Waals surface area contributed by atoms with Gasteiger partial charge in [-0.05, 0) is 38.3 Å². The Morgan fingerprint density at radius 1 is 1.35 bits per heavy atom. The van der Waals surface area contributed by atoms with Gasteiger partial charge in [0.1, 0.15) is 11.9 Å². The molecule has 0 bridgehead atoms. The summed E-state index contributed by atoms with van der Waals surface area (Å²) in [5, 5.41) is 10.8. The molecular weight excluding hydrogens is 286 g/mol. The molecule has 92 valence electrons. The Balaban J connectivity index is 2.18. The normalized spacial score (nSPS) is 23.0. The zero-order valence-electron chi connectivity index (χ0n) is 9.77. The third-order valence-electron chi connectivity index (χ3n) is 3.02. The Hall–Kier alpha value is -1.10. The smallest absolute Gasteiger partial charge is 0.272 e. The molecule has 0 aliphatic heterocycles. The summed E-state index contributed by atoms with van der Waals surface area (Å²) in [6.45, 7) is 3.57. The van der Waals surface area contributed by atoms with Crippen LogP contribution in [0.2, 0.25) is 0 Å². The van der Waals surface area contributed by atoms with E-state index in [4.69, 9.17) is 4.74 Å². The zero-order chi connectivity index (χ0) is 12.6. The Labute approximate surface area is 108 Å². The summed E-state index contributed by atoms with van der Waals surface area (Å²) in [4.78, 5) is 11.0. The van der Waals surface area contributed by atoms with E-state index in [1.807, 2.05) is 6.92 Å². The molecule has 4 nitrogen and oxygen atoms in total. The van der Waals surface area contributed by atoms with Crippen LogP contribution in [0.4, 0.5) is 5.69 Å². The van der Waals surface area contributed by atoms with Crippen molar-refractivity contribution < 1.29 is 9.66 Å². The molecule has 1 aliphatic rings. The van der Waals surface area contributed by atoms with Gasteiger partial charge in [-0.15, -0.1) is 0 Å². The lowest BCUT2D eigenvalue weighted by atomic mass is 9.95. The van der Waals surface area contributed by atoms with Gasteiger partial charge in [0.15, 0.2) is 0 Å². The molecule has 0 radical (unpaired) electrons. The summed E-state index contributed by atoms with van der Waals surface area (Å²) >= 11 is 3.51. The van der Waals surface area contributed by atoms with Crippen LogP contribution in [-0.4, -0.2) is 15.9 Å². The molecule has 0 aromatic heterocycles. The van der Waals surface area contributed by atoms with Gasteiger partial charge in [0.05, 0.1) is 4.92 Å². The average Bonchev–Trinajstić information content (AvgIpc) is 2.20. The first kappa shape index (κ1) is 12.4. The summed E-state index contributed by atoms with van der Waals surface area (Å²) in [5.74, 6) is 0.762. The van der Waals surface area contributed by atoms with Crippen molar-refractivity contribution in [1.29, 1.82) is 0 Å². The second-order valence-electron chi connectivity index (χ2n) is 4.47.